The molecular formula is C17H26N4O2. The number of nitrogens with zero attached hydrogens (tertiary/aromatic N) is 3. The summed E-state index contributed by atoms with van der Waals surface area (Å²) in [6.45, 7) is 7.47. The zero-order valence-electron chi connectivity index (χ0n) is 14.0. The Labute approximate surface area is 137 Å². The fourth-order valence-corrected chi connectivity index (χ4v) is 3.03. The molecule has 3 rings (SSSR count). The van der Waals surface area contributed by atoms with E-state index in [-0.39, 0.29) is 17.9 Å². The Kier molecular flexibility index (Phi) is 5.10. The number of hydrogen-bond donors (Lipinski definition) is 1. The van der Waals surface area contributed by atoms with Crippen LogP contribution < -0.4 is 10.2 Å². The topological polar surface area (TPSA) is 67.3 Å². The SMILES string of the molecule is CC(C)c1cc(C(=O)NC[C@H]2CCCO2)nc(N2CCCC2)n1. The molecule has 2 aliphatic rings. The minimum Gasteiger partial charge on any atom is -0.376 e. The third kappa shape index (κ3) is 3.99. The molecule has 1 N–H and O–H groups in total. The van der Waals surface area contributed by atoms with Crippen LogP contribution in [-0.2, 0) is 4.74 Å². The lowest BCUT2D eigenvalue weighted by atomic mass is 10.1. The van der Waals surface area contributed by atoms with Gasteiger partial charge < -0.3 is 15.0 Å². The highest BCUT2D eigenvalue weighted by Gasteiger charge is 2.21. The molecule has 6 heteroatoms. The smallest absolute Gasteiger partial charge is 0.270 e. The lowest BCUT2D eigenvalue weighted by Gasteiger charge is -2.18. The Hall–Kier alpha value is -1.69. The molecule has 0 unspecified atom stereocenters. The molecule has 2 aliphatic heterocycles. The van der Waals surface area contributed by atoms with Crippen LogP contribution >= 0.6 is 0 Å². The lowest BCUT2D eigenvalue weighted by molar-refractivity contribution is 0.0853. The molecule has 2 fully saturated rings. The van der Waals surface area contributed by atoms with Crippen molar-refractivity contribution in [2.24, 2.45) is 0 Å². The largest absolute Gasteiger partial charge is 0.376 e. The van der Waals surface area contributed by atoms with E-state index in [2.05, 4.69) is 34.0 Å². The third-order valence-corrected chi connectivity index (χ3v) is 4.46. The minimum absolute atomic E-state index is 0.134. The van der Waals surface area contributed by atoms with Gasteiger partial charge in [0.15, 0.2) is 0 Å². The van der Waals surface area contributed by atoms with Crippen LogP contribution in [0.3, 0.4) is 0 Å². The van der Waals surface area contributed by atoms with Crippen LogP contribution in [0.5, 0.6) is 0 Å². The zero-order valence-corrected chi connectivity index (χ0v) is 14.0. The van der Waals surface area contributed by atoms with Crippen molar-refractivity contribution < 1.29 is 9.53 Å². The van der Waals surface area contributed by atoms with E-state index >= 15 is 0 Å². The average Bonchev–Trinajstić information content (AvgIpc) is 3.25. The summed E-state index contributed by atoms with van der Waals surface area (Å²) in [7, 11) is 0. The van der Waals surface area contributed by atoms with Gasteiger partial charge in [-0.3, -0.25) is 4.79 Å². The molecule has 1 atom stereocenters. The zero-order chi connectivity index (χ0) is 16.2. The fourth-order valence-electron chi connectivity index (χ4n) is 3.03. The third-order valence-electron chi connectivity index (χ3n) is 4.46. The van der Waals surface area contributed by atoms with Crippen molar-refractivity contribution in [1.82, 2.24) is 15.3 Å². The second kappa shape index (κ2) is 7.25. The maximum absolute atomic E-state index is 12.5. The Morgan fingerprint density at radius 2 is 2.13 bits per heavy atom. The van der Waals surface area contributed by atoms with Crippen LogP contribution in [0, 0.1) is 0 Å². The van der Waals surface area contributed by atoms with Crippen molar-refractivity contribution in [2.45, 2.75) is 51.6 Å². The van der Waals surface area contributed by atoms with Crippen molar-refractivity contribution in [3.05, 3.63) is 17.5 Å². The highest BCUT2D eigenvalue weighted by atomic mass is 16.5. The molecule has 2 saturated heterocycles. The van der Waals surface area contributed by atoms with E-state index in [4.69, 9.17) is 4.74 Å². The minimum atomic E-state index is -0.134. The monoisotopic (exact) mass is 318 g/mol. The first-order valence-electron chi connectivity index (χ1n) is 8.67. The standard InChI is InChI=1S/C17H26N4O2/c1-12(2)14-10-15(16(22)18-11-13-6-5-9-23-13)20-17(19-14)21-7-3-4-8-21/h10,12-13H,3-9,11H2,1-2H3,(H,18,22)/t13-/m1/s1. The van der Waals surface area contributed by atoms with Gasteiger partial charge in [0.05, 0.1) is 6.10 Å². The lowest BCUT2D eigenvalue weighted by Crippen LogP contribution is -2.33. The van der Waals surface area contributed by atoms with Crippen molar-refractivity contribution >= 4 is 11.9 Å². The first-order chi connectivity index (χ1) is 11.1. The van der Waals surface area contributed by atoms with Gasteiger partial charge in [0.1, 0.15) is 5.69 Å². The van der Waals surface area contributed by atoms with Gasteiger partial charge in [-0.15, -0.1) is 0 Å². The number of anilines is 1. The molecule has 1 aromatic rings. The highest BCUT2D eigenvalue weighted by molar-refractivity contribution is 5.92. The fraction of sp³-hybridized carbons (Fsp3) is 0.706. The van der Waals surface area contributed by atoms with Crippen LogP contribution in [0.15, 0.2) is 6.07 Å². The number of nitrogens with one attached hydrogen (secondary N) is 1. The summed E-state index contributed by atoms with van der Waals surface area (Å²) in [5.41, 5.74) is 1.38. The van der Waals surface area contributed by atoms with Gasteiger partial charge >= 0.3 is 0 Å². The van der Waals surface area contributed by atoms with Gasteiger partial charge in [0, 0.05) is 31.9 Å². The summed E-state index contributed by atoms with van der Waals surface area (Å²) < 4.78 is 5.55. The molecule has 0 radical (unpaired) electrons. The molecule has 23 heavy (non-hydrogen) atoms. The number of amides is 1. The van der Waals surface area contributed by atoms with E-state index in [0.29, 0.717) is 18.2 Å². The molecule has 0 bridgehead atoms. The van der Waals surface area contributed by atoms with Gasteiger partial charge in [-0.1, -0.05) is 13.8 Å². The number of carbonyl (C=O) groups excluding carboxylic acids is 1. The van der Waals surface area contributed by atoms with E-state index in [1.54, 1.807) is 0 Å². The van der Waals surface area contributed by atoms with Gasteiger partial charge in [0.25, 0.3) is 5.91 Å². The number of carbonyl (C=O) groups is 1. The molecule has 1 amide bonds. The maximum Gasteiger partial charge on any atom is 0.270 e. The van der Waals surface area contributed by atoms with Gasteiger partial charge in [0.2, 0.25) is 5.95 Å². The van der Waals surface area contributed by atoms with Crippen LogP contribution in [0.4, 0.5) is 5.95 Å². The molecule has 3 heterocycles. The van der Waals surface area contributed by atoms with E-state index in [1.807, 2.05) is 6.07 Å². The van der Waals surface area contributed by atoms with E-state index in [9.17, 15) is 4.79 Å². The second-order valence-electron chi connectivity index (χ2n) is 6.67. The molecule has 0 spiro atoms. The number of hydrogen-bond acceptors (Lipinski definition) is 5. The summed E-state index contributed by atoms with van der Waals surface area (Å²) in [5, 5.41) is 2.95. The predicted octanol–water partition coefficient (Wildman–Crippen LogP) is 2.11. The molecule has 126 valence electrons. The Balaban J connectivity index is 1.74. The molecule has 0 saturated carbocycles. The highest BCUT2D eigenvalue weighted by Crippen LogP contribution is 2.20. The quantitative estimate of drug-likeness (QED) is 0.900. The van der Waals surface area contributed by atoms with E-state index in [0.717, 1.165) is 51.1 Å². The average molecular weight is 318 g/mol. The molecule has 1 aromatic heterocycles. The predicted molar refractivity (Wildman–Crippen MR) is 88.9 cm³/mol. The molecular weight excluding hydrogens is 292 g/mol. The van der Waals surface area contributed by atoms with Gasteiger partial charge in [-0.2, -0.15) is 0 Å². The summed E-state index contributed by atoms with van der Waals surface area (Å²) in [5.74, 6) is 0.824. The van der Waals surface area contributed by atoms with Crippen LogP contribution in [0.1, 0.15) is 61.6 Å². The maximum atomic E-state index is 12.5. The molecule has 6 nitrogen and oxygen atoms in total. The molecule has 0 aliphatic carbocycles. The van der Waals surface area contributed by atoms with Gasteiger partial charge in [-0.05, 0) is 37.7 Å². The summed E-state index contributed by atoms with van der Waals surface area (Å²) >= 11 is 0. The van der Waals surface area contributed by atoms with Crippen LogP contribution in [0.25, 0.3) is 0 Å². The number of rotatable bonds is 5. The van der Waals surface area contributed by atoms with Gasteiger partial charge in [-0.25, -0.2) is 9.97 Å². The van der Waals surface area contributed by atoms with E-state index < -0.39 is 0 Å². The number of aromatic nitrogens is 2. The Bertz CT molecular complexity index is 550. The Morgan fingerprint density at radius 3 is 2.78 bits per heavy atom. The summed E-state index contributed by atoms with van der Waals surface area (Å²) in [6.07, 6.45) is 4.56. The Morgan fingerprint density at radius 1 is 1.35 bits per heavy atom. The van der Waals surface area contributed by atoms with Crippen LogP contribution in [0.2, 0.25) is 0 Å². The second-order valence-corrected chi connectivity index (χ2v) is 6.67. The normalized spacial score (nSPS) is 21.2. The number of ether oxygens (including phenoxy) is 1. The first-order valence-corrected chi connectivity index (χ1v) is 8.67. The van der Waals surface area contributed by atoms with Crippen molar-refractivity contribution in [2.75, 3.05) is 31.1 Å². The van der Waals surface area contributed by atoms with Crippen LogP contribution in [-0.4, -0.2) is 48.2 Å². The van der Waals surface area contributed by atoms with Crippen molar-refractivity contribution in [3.63, 3.8) is 0 Å². The first kappa shape index (κ1) is 16.2. The molecule has 0 aromatic carbocycles. The van der Waals surface area contributed by atoms with E-state index in [1.165, 1.54) is 0 Å². The summed E-state index contributed by atoms with van der Waals surface area (Å²) in [6, 6.07) is 1.81. The summed E-state index contributed by atoms with van der Waals surface area (Å²) in [4.78, 5) is 23.8. The van der Waals surface area contributed by atoms with Crippen molar-refractivity contribution in [3.8, 4) is 0 Å². The van der Waals surface area contributed by atoms with Crippen molar-refractivity contribution in [1.29, 1.82) is 0 Å².